The predicted molar refractivity (Wildman–Crippen MR) is 77.7 cm³/mol. The molecule has 2 heterocycles. The van der Waals surface area contributed by atoms with Crippen molar-refractivity contribution in [2.45, 2.75) is 45.6 Å². The number of carbonyl (C=O) groups is 1. The highest BCUT2D eigenvalue weighted by Crippen LogP contribution is 2.42. The SMILES string of the molecule is Cc1nc2sc3c(c2c(=O)n1C(C)C)C(C(=O)O)CC3. The van der Waals surface area contributed by atoms with Crippen LogP contribution in [0.2, 0.25) is 0 Å². The molecule has 106 valence electrons. The molecule has 2 aromatic heterocycles. The maximum atomic E-state index is 12.7. The van der Waals surface area contributed by atoms with Crippen LogP contribution in [0.3, 0.4) is 0 Å². The van der Waals surface area contributed by atoms with Crippen molar-refractivity contribution in [1.82, 2.24) is 9.55 Å². The summed E-state index contributed by atoms with van der Waals surface area (Å²) in [7, 11) is 0. The molecule has 3 rings (SSSR count). The zero-order chi connectivity index (χ0) is 14.6. The minimum absolute atomic E-state index is 0.0135. The number of nitrogens with zero attached hydrogens (tertiary/aromatic N) is 2. The highest BCUT2D eigenvalue weighted by Gasteiger charge is 2.34. The van der Waals surface area contributed by atoms with Crippen LogP contribution in [0, 0.1) is 6.92 Å². The maximum absolute atomic E-state index is 12.7. The molecule has 5 nitrogen and oxygen atoms in total. The molecular weight excluding hydrogens is 276 g/mol. The van der Waals surface area contributed by atoms with Crippen LogP contribution in [0.15, 0.2) is 4.79 Å². The quantitative estimate of drug-likeness (QED) is 0.923. The third-order valence-corrected chi connectivity index (χ3v) is 5.03. The summed E-state index contributed by atoms with van der Waals surface area (Å²) >= 11 is 1.47. The molecule has 0 spiro atoms. The maximum Gasteiger partial charge on any atom is 0.311 e. The molecule has 0 saturated heterocycles. The zero-order valence-electron chi connectivity index (χ0n) is 11.6. The molecule has 6 heteroatoms. The fourth-order valence-corrected chi connectivity index (χ4v) is 4.34. The summed E-state index contributed by atoms with van der Waals surface area (Å²) in [5.74, 6) is -0.722. The molecule has 0 aliphatic heterocycles. The zero-order valence-corrected chi connectivity index (χ0v) is 12.5. The van der Waals surface area contributed by atoms with Crippen LogP contribution in [0.25, 0.3) is 10.2 Å². The van der Waals surface area contributed by atoms with E-state index in [0.29, 0.717) is 28.0 Å². The molecule has 2 aromatic rings. The van der Waals surface area contributed by atoms with Crippen molar-refractivity contribution >= 4 is 27.5 Å². The summed E-state index contributed by atoms with van der Waals surface area (Å²) < 4.78 is 1.65. The largest absolute Gasteiger partial charge is 0.481 e. The van der Waals surface area contributed by atoms with Crippen molar-refractivity contribution < 1.29 is 9.90 Å². The summed E-state index contributed by atoms with van der Waals surface area (Å²) in [6.45, 7) is 5.69. The van der Waals surface area contributed by atoms with Crippen molar-refractivity contribution in [2.75, 3.05) is 0 Å². The van der Waals surface area contributed by atoms with Crippen molar-refractivity contribution in [3.8, 4) is 0 Å². The van der Waals surface area contributed by atoms with Crippen LogP contribution in [-0.2, 0) is 11.2 Å². The standard InChI is InChI=1S/C14H16N2O3S/c1-6(2)16-7(3)15-12-11(13(16)17)10-8(14(18)19)4-5-9(10)20-12/h6,8H,4-5H2,1-3H3,(H,18,19). The third kappa shape index (κ3) is 1.71. The molecule has 1 unspecified atom stereocenters. The van der Waals surface area contributed by atoms with Crippen LogP contribution >= 0.6 is 11.3 Å². The second-order valence-electron chi connectivity index (χ2n) is 5.48. The number of thiophene rings is 1. The normalized spacial score (nSPS) is 17.9. The van der Waals surface area contributed by atoms with E-state index in [-0.39, 0.29) is 11.6 Å². The van der Waals surface area contributed by atoms with Crippen LogP contribution in [0.5, 0.6) is 0 Å². The minimum Gasteiger partial charge on any atom is -0.481 e. The van der Waals surface area contributed by atoms with Crippen molar-refractivity contribution in [3.05, 3.63) is 26.6 Å². The minimum atomic E-state index is -0.848. The van der Waals surface area contributed by atoms with E-state index in [1.807, 2.05) is 20.8 Å². The van der Waals surface area contributed by atoms with Gasteiger partial charge in [0, 0.05) is 10.9 Å². The lowest BCUT2D eigenvalue weighted by molar-refractivity contribution is -0.138. The summed E-state index contributed by atoms with van der Waals surface area (Å²) in [5, 5.41) is 9.86. The Morgan fingerprint density at radius 1 is 1.50 bits per heavy atom. The van der Waals surface area contributed by atoms with Gasteiger partial charge >= 0.3 is 5.97 Å². The van der Waals surface area contributed by atoms with Gasteiger partial charge in [-0.1, -0.05) is 0 Å². The van der Waals surface area contributed by atoms with Gasteiger partial charge in [0.25, 0.3) is 5.56 Å². The Labute approximate surface area is 119 Å². The van der Waals surface area contributed by atoms with Crippen LogP contribution in [-0.4, -0.2) is 20.6 Å². The number of hydrogen-bond donors (Lipinski definition) is 1. The molecule has 0 saturated carbocycles. The van der Waals surface area contributed by atoms with Gasteiger partial charge in [-0.05, 0) is 39.2 Å². The summed E-state index contributed by atoms with van der Waals surface area (Å²) in [4.78, 5) is 30.3. The van der Waals surface area contributed by atoms with Crippen LogP contribution in [0.1, 0.15) is 48.5 Å². The van der Waals surface area contributed by atoms with E-state index in [1.54, 1.807) is 4.57 Å². The second kappa shape index (κ2) is 4.41. The van der Waals surface area contributed by atoms with Gasteiger partial charge in [-0.2, -0.15) is 0 Å². The first-order valence-corrected chi connectivity index (χ1v) is 7.50. The molecule has 20 heavy (non-hydrogen) atoms. The molecule has 0 fully saturated rings. The first kappa shape index (κ1) is 13.3. The van der Waals surface area contributed by atoms with E-state index < -0.39 is 11.9 Å². The number of aryl methyl sites for hydroxylation is 2. The van der Waals surface area contributed by atoms with E-state index in [0.717, 1.165) is 11.3 Å². The highest BCUT2D eigenvalue weighted by molar-refractivity contribution is 7.18. The molecule has 1 aliphatic rings. The molecule has 1 N–H and O–H groups in total. The number of carboxylic acids is 1. The predicted octanol–water partition coefficient (Wildman–Crippen LogP) is 2.46. The summed E-state index contributed by atoms with van der Waals surface area (Å²) in [6.07, 6.45) is 1.31. The number of carboxylic acid groups (broad SMARTS) is 1. The summed E-state index contributed by atoms with van der Waals surface area (Å²) in [5.41, 5.74) is 0.609. The van der Waals surface area contributed by atoms with Crippen molar-refractivity contribution in [2.24, 2.45) is 0 Å². The number of fused-ring (bicyclic) bond motifs is 3. The molecular formula is C14H16N2O3S. The van der Waals surface area contributed by atoms with Gasteiger partial charge in [0.1, 0.15) is 10.7 Å². The Hall–Kier alpha value is -1.69. The molecule has 0 bridgehead atoms. The number of aliphatic carboxylic acids is 1. The molecule has 0 amide bonds. The first-order chi connectivity index (χ1) is 9.41. The monoisotopic (exact) mass is 292 g/mol. The number of hydrogen-bond acceptors (Lipinski definition) is 4. The highest BCUT2D eigenvalue weighted by atomic mass is 32.1. The molecule has 1 atom stereocenters. The first-order valence-electron chi connectivity index (χ1n) is 6.69. The molecule has 0 aromatic carbocycles. The smallest absolute Gasteiger partial charge is 0.311 e. The van der Waals surface area contributed by atoms with E-state index in [4.69, 9.17) is 0 Å². The Kier molecular flexibility index (Phi) is 2.93. The fourth-order valence-electron chi connectivity index (χ4n) is 3.06. The van der Waals surface area contributed by atoms with Crippen molar-refractivity contribution in [1.29, 1.82) is 0 Å². The average molecular weight is 292 g/mol. The fraction of sp³-hybridized carbons (Fsp3) is 0.500. The molecule has 0 radical (unpaired) electrons. The Morgan fingerprint density at radius 3 is 2.80 bits per heavy atom. The van der Waals surface area contributed by atoms with E-state index in [2.05, 4.69) is 4.98 Å². The number of aromatic nitrogens is 2. The van der Waals surface area contributed by atoms with E-state index in [9.17, 15) is 14.7 Å². The van der Waals surface area contributed by atoms with E-state index in [1.165, 1.54) is 11.3 Å². The Balaban J connectivity index is 2.39. The summed E-state index contributed by atoms with van der Waals surface area (Å²) in [6, 6.07) is 0.0135. The van der Waals surface area contributed by atoms with Crippen molar-refractivity contribution in [3.63, 3.8) is 0 Å². The van der Waals surface area contributed by atoms with Crippen LogP contribution in [0.4, 0.5) is 0 Å². The van der Waals surface area contributed by atoms with Crippen LogP contribution < -0.4 is 5.56 Å². The lowest BCUT2D eigenvalue weighted by atomic mass is 10.0. The van der Waals surface area contributed by atoms with E-state index >= 15 is 0 Å². The van der Waals surface area contributed by atoms with Gasteiger partial charge in [-0.3, -0.25) is 14.2 Å². The Morgan fingerprint density at radius 2 is 2.20 bits per heavy atom. The average Bonchev–Trinajstić information content (AvgIpc) is 2.85. The van der Waals surface area contributed by atoms with Gasteiger partial charge in [-0.15, -0.1) is 11.3 Å². The lowest BCUT2D eigenvalue weighted by Crippen LogP contribution is -2.26. The van der Waals surface area contributed by atoms with Gasteiger partial charge < -0.3 is 5.11 Å². The second-order valence-corrected chi connectivity index (χ2v) is 6.56. The Bertz CT molecular complexity index is 773. The number of rotatable bonds is 2. The van der Waals surface area contributed by atoms with Gasteiger partial charge in [0.05, 0.1) is 11.3 Å². The van der Waals surface area contributed by atoms with Gasteiger partial charge in [0.2, 0.25) is 0 Å². The lowest BCUT2D eigenvalue weighted by Gasteiger charge is -2.13. The molecule has 1 aliphatic carbocycles. The van der Waals surface area contributed by atoms with Gasteiger partial charge in [0.15, 0.2) is 0 Å². The third-order valence-electron chi connectivity index (χ3n) is 3.87. The topological polar surface area (TPSA) is 72.2 Å². The van der Waals surface area contributed by atoms with Gasteiger partial charge in [-0.25, -0.2) is 4.98 Å².